The molecule has 30 heavy (non-hydrogen) atoms. The number of carbonyl (C=O) groups is 2. The molecule has 3 aliphatic rings. The van der Waals surface area contributed by atoms with Gasteiger partial charge in [0.1, 0.15) is 11.6 Å². The molecule has 0 aromatic carbocycles. The molecule has 2 amide bonds. The van der Waals surface area contributed by atoms with E-state index in [1.54, 1.807) is 6.26 Å². The number of aryl methyl sites for hydroxylation is 1. The first kappa shape index (κ1) is 19.3. The molecule has 2 aromatic rings. The van der Waals surface area contributed by atoms with Gasteiger partial charge in [-0.25, -0.2) is 0 Å². The summed E-state index contributed by atoms with van der Waals surface area (Å²) in [4.78, 5) is 27.3. The summed E-state index contributed by atoms with van der Waals surface area (Å²) < 4.78 is 7.35. The number of carbonyl (C=O) groups excluding carboxylic acids is 2. The molecular weight excluding hydrogens is 382 g/mol. The third-order valence-corrected chi connectivity index (χ3v) is 7.18. The van der Waals surface area contributed by atoms with Crippen LogP contribution < -0.4 is 5.32 Å². The lowest BCUT2D eigenvalue weighted by Crippen LogP contribution is -2.47. The van der Waals surface area contributed by atoms with Crippen molar-refractivity contribution in [3.05, 3.63) is 35.8 Å². The fraction of sp³-hybridized carbons (Fsp3) is 0.636. The topological polar surface area (TPSA) is 93.3 Å². The predicted octanol–water partition coefficient (Wildman–Crippen LogP) is 2.34. The molecule has 1 N–H and O–H groups in total. The van der Waals surface area contributed by atoms with Crippen LogP contribution in [-0.4, -0.2) is 50.6 Å². The summed E-state index contributed by atoms with van der Waals surface area (Å²) in [6.45, 7) is 2.27. The van der Waals surface area contributed by atoms with Crippen LogP contribution >= 0.6 is 0 Å². The first-order valence-corrected chi connectivity index (χ1v) is 11.2. The number of nitrogens with one attached hydrogen (secondary N) is 1. The van der Waals surface area contributed by atoms with Gasteiger partial charge in [0.05, 0.1) is 12.7 Å². The SMILES string of the molecule is O=C(NC1CCCC1)c1nnc2n1CC1(CC2)CCN(C(=O)Cc2ccco2)CC1. The van der Waals surface area contributed by atoms with E-state index in [1.807, 2.05) is 21.6 Å². The summed E-state index contributed by atoms with van der Waals surface area (Å²) in [7, 11) is 0. The maximum Gasteiger partial charge on any atom is 0.289 e. The van der Waals surface area contributed by atoms with Crippen LogP contribution in [0.4, 0.5) is 0 Å². The summed E-state index contributed by atoms with van der Waals surface area (Å²) >= 11 is 0. The second kappa shape index (κ2) is 7.89. The molecule has 4 heterocycles. The number of nitrogens with zero attached hydrogens (tertiary/aromatic N) is 4. The van der Waals surface area contributed by atoms with Gasteiger partial charge in [-0.3, -0.25) is 9.59 Å². The minimum absolute atomic E-state index is 0.0937. The fourth-order valence-electron chi connectivity index (χ4n) is 5.28. The molecule has 1 aliphatic carbocycles. The number of hydrogen-bond donors (Lipinski definition) is 1. The van der Waals surface area contributed by atoms with E-state index in [9.17, 15) is 9.59 Å². The Labute approximate surface area is 176 Å². The van der Waals surface area contributed by atoms with Gasteiger partial charge in [0.25, 0.3) is 5.91 Å². The zero-order valence-corrected chi connectivity index (χ0v) is 17.3. The van der Waals surface area contributed by atoms with Gasteiger partial charge in [-0.05, 0) is 49.7 Å². The van der Waals surface area contributed by atoms with E-state index < -0.39 is 0 Å². The zero-order valence-electron chi connectivity index (χ0n) is 17.3. The Bertz CT molecular complexity index is 905. The summed E-state index contributed by atoms with van der Waals surface area (Å²) in [6.07, 6.45) is 10.2. The Hall–Kier alpha value is -2.64. The second-order valence-electron chi connectivity index (χ2n) is 9.12. The molecule has 0 radical (unpaired) electrons. The Kier molecular flexibility index (Phi) is 5.08. The van der Waals surface area contributed by atoms with E-state index >= 15 is 0 Å². The van der Waals surface area contributed by atoms with Crippen molar-refractivity contribution in [3.8, 4) is 0 Å². The van der Waals surface area contributed by atoms with E-state index in [2.05, 4.69) is 15.5 Å². The van der Waals surface area contributed by atoms with E-state index in [0.29, 0.717) is 18.0 Å². The van der Waals surface area contributed by atoms with Crippen molar-refractivity contribution >= 4 is 11.8 Å². The smallest absolute Gasteiger partial charge is 0.289 e. The average Bonchev–Trinajstić information content (AvgIpc) is 3.50. The summed E-state index contributed by atoms with van der Waals surface area (Å²) in [6, 6.07) is 3.93. The van der Waals surface area contributed by atoms with Crippen molar-refractivity contribution in [1.29, 1.82) is 0 Å². The largest absolute Gasteiger partial charge is 0.469 e. The Morgan fingerprint density at radius 1 is 1.17 bits per heavy atom. The predicted molar refractivity (Wildman–Crippen MR) is 109 cm³/mol. The zero-order chi connectivity index (χ0) is 20.6. The highest BCUT2D eigenvalue weighted by Gasteiger charge is 2.40. The number of amides is 2. The van der Waals surface area contributed by atoms with Crippen molar-refractivity contribution in [2.24, 2.45) is 5.41 Å². The van der Waals surface area contributed by atoms with Gasteiger partial charge in [-0.1, -0.05) is 12.8 Å². The van der Waals surface area contributed by atoms with Crippen LogP contribution in [0.15, 0.2) is 22.8 Å². The van der Waals surface area contributed by atoms with Gasteiger partial charge in [0.2, 0.25) is 11.7 Å². The quantitative estimate of drug-likeness (QED) is 0.834. The number of aromatic nitrogens is 3. The molecule has 0 atom stereocenters. The van der Waals surface area contributed by atoms with E-state index in [1.165, 1.54) is 12.8 Å². The molecule has 8 nitrogen and oxygen atoms in total. The maximum atomic E-state index is 12.8. The summed E-state index contributed by atoms with van der Waals surface area (Å²) in [5.41, 5.74) is 0.110. The Morgan fingerprint density at radius 2 is 1.97 bits per heavy atom. The van der Waals surface area contributed by atoms with Crippen LogP contribution in [-0.2, 0) is 24.2 Å². The van der Waals surface area contributed by atoms with Gasteiger partial charge < -0.3 is 19.2 Å². The van der Waals surface area contributed by atoms with Gasteiger partial charge in [-0.15, -0.1) is 10.2 Å². The number of fused-ring (bicyclic) bond motifs is 1. The van der Waals surface area contributed by atoms with Gasteiger partial charge in [-0.2, -0.15) is 0 Å². The molecule has 0 bridgehead atoms. The molecule has 8 heteroatoms. The van der Waals surface area contributed by atoms with Gasteiger partial charge in [0.15, 0.2) is 0 Å². The van der Waals surface area contributed by atoms with Crippen LogP contribution in [0.3, 0.4) is 0 Å². The van der Waals surface area contributed by atoms with Crippen molar-refractivity contribution in [3.63, 3.8) is 0 Å². The highest BCUT2D eigenvalue weighted by atomic mass is 16.3. The van der Waals surface area contributed by atoms with E-state index in [4.69, 9.17) is 4.42 Å². The lowest BCUT2D eigenvalue weighted by molar-refractivity contribution is -0.133. The minimum Gasteiger partial charge on any atom is -0.469 e. The van der Waals surface area contributed by atoms with Gasteiger partial charge >= 0.3 is 0 Å². The van der Waals surface area contributed by atoms with Crippen LogP contribution in [0.5, 0.6) is 0 Å². The number of hydrogen-bond acceptors (Lipinski definition) is 5. The fourth-order valence-corrected chi connectivity index (χ4v) is 5.28. The average molecular weight is 412 g/mol. The minimum atomic E-state index is -0.0937. The molecule has 2 aliphatic heterocycles. The molecule has 2 aromatic heterocycles. The highest BCUT2D eigenvalue weighted by molar-refractivity contribution is 5.91. The van der Waals surface area contributed by atoms with Crippen LogP contribution in [0.2, 0.25) is 0 Å². The first-order chi connectivity index (χ1) is 14.6. The molecule has 1 spiro atoms. The summed E-state index contributed by atoms with van der Waals surface area (Å²) in [5.74, 6) is 2.10. The molecule has 2 fully saturated rings. The third-order valence-electron chi connectivity index (χ3n) is 7.18. The second-order valence-corrected chi connectivity index (χ2v) is 9.12. The monoisotopic (exact) mass is 411 g/mol. The van der Waals surface area contributed by atoms with E-state index in [0.717, 1.165) is 64.0 Å². The number of likely N-dealkylation sites (tertiary alicyclic amines) is 1. The molecular formula is C22H29N5O3. The van der Waals surface area contributed by atoms with Crippen molar-refractivity contribution in [2.75, 3.05) is 13.1 Å². The Morgan fingerprint density at radius 3 is 2.70 bits per heavy atom. The van der Waals surface area contributed by atoms with E-state index in [-0.39, 0.29) is 23.3 Å². The van der Waals surface area contributed by atoms with Crippen molar-refractivity contribution in [2.45, 2.75) is 70.4 Å². The molecule has 0 unspecified atom stereocenters. The lowest BCUT2D eigenvalue weighted by Gasteiger charge is -2.44. The molecule has 1 saturated heterocycles. The highest BCUT2D eigenvalue weighted by Crippen LogP contribution is 2.41. The number of rotatable bonds is 4. The normalized spacial score (nSPS) is 21.0. The van der Waals surface area contributed by atoms with Crippen LogP contribution in [0, 0.1) is 5.41 Å². The van der Waals surface area contributed by atoms with Crippen LogP contribution in [0.1, 0.15) is 67.1 Å². The van der Waals surface area contributed by atoms with Crippen molar-refractivity contribution in [1.82, 2.24) is 25.0 Å². The molecule has 5 rings (SSSR count). The third kappa shape index (κ3) is 3.75. The lowest BCUT2D eigenvalue weighted by atomic mass is 9.73. The standard InChI is InChI=1S/C22H29N5O3/c28-19(14-17-6-3-13-30-17)26-11-9-22(10-12-26)8-7-18-24-25-20(27(18)15-22)21(29)23-16-4-1-2-5-16/h3,6,13,16H,1-2,4-5,7-12,14-15H2,(H,23,29). The van der Waals surface area contributed by atoms with Gasteiger partial charge in [0, 0.05) is 32.1 Å². The van der Waals surface area contributed by atoms with Crippen LogP contribution in [0.25, 0.3) is 0 Å². The summed E-state index contributed by atoms with van der Waals surface area (Å²) in [5, 5.41) is 11.7. The first-order valence-electron chi connectivity index (χ1n) is 11.2. The number of piperidine rings is 1. The number of furan rings is 1. The maximum absolute atomic E-state index is 12.8. The molecule has 1 saturated carbocycles. The van der Waals surface area contributed by atoms with Crippen molar-refractivity contribution < 1.29 is 14.0 Å². The molecule has 160 valence electrons. The Balaban J connectivity index is 1.23.